The topological polar surface area (TPSA) is 42.9 Å². The fourth-order valence-corrected chi connectivity index (χ4v) is 8.82. The molecule has 0 saturated carbocycles. The molecular formula is C50H29N5. The largest absolute Gasteiger partial charge is 0.310 e. The van der Waals surface area contributed by atoms with Crippen molar-refractivity contribution in [2.24, 2.45) is 0 Å². The minimum absolute atomic E-state index is 0.574. The summed E-state index contributed by atoms with van der Waals surface area (Å²) < 4.78 is 6.98. The van der Waals surface area contributed by atoms with E-state index < -0.39 is 0 Å². The highest BCUT2D eigenvalue weighted by atomic mass is 15.1. The number of nitrogens with zero attached hydrogens (tertiary/aromatic N) is 5. The zero-order valence-corrected chi connectivity index (χ0v) is 29.5. The Labute approximate surface area is 316 Å². The van der Waals surface area contributed by atoms with Crippen molar-refractivity contribution in [3.63, 3.8) is 0 Å². The van der Waals surface area contributed by atoms with Gasteiger partial charge in [-0.05, 0) is 66.2 Å². The minimum atomic E-state index is 0.574. The fourth-order valence-electron chi connectivity index (χ4n) is 8.82. The molecule has 3 aromatic heterocycles. The van der Waals surface area contributed by atoms with Crippen molar-refractivity contribution >= 4 is 71.1 Å². The summed E-state index contributed by atoms with van der Waals surface area (Å²) in [6.45, 7) is 7.74. The number of hydrogen-bond acceptors (Lipinski definition) is 1. The van der Waals surface area contributed by atoms with Crippen LogP contribution in [0.2, 0.25) is 0 Å². The molecule has 3 heterocycles. The summed E-state index contributed by atoms with van der Waals surface area (Å²) in [6.07, 6.45) is 0. The maximum absolute atomic E-state index is 10.5. The molecule has 0 unspecified atom stereocenters. The van der Waals surface area contributed by atoms with Crippen molar-refractivity contribution in [3.05, 3.63) is 193 Å². The van der Waals surface area contributed by atoms with Crippen molar-refractivity contribution in [1.29, 1.82) is 5.26 Å². The summed E-state index contributed by atoms with van der Waals surface area (Å²) in [5.41, 5.74) is 12.5. The molecule has 5 heteroatoms. The first-order valence-electron chi connectivity index (χ1n) is 18.3. The predicted octanol–water partition coefficient (Wildman–Crippen LogP) is 13.1. The molecular weight excluding hydrogens is 671 g/mol. The maximum atomic E-state index is 10.5. The smallest absolute Gasteiger partial charge is 0.189 e. The Morgan fingerprint density at radius 3 is 1.53 bits per heavy atom. The number of fused-ring (bicyclic) bond motifs is 9. The summed E-state index contributed by atoms with van der Waals surface area (Å²) in [5, 5.41) is 17.5. The molecule has 0 radical (unpaired) electrons. The normalized spacial score (nSPS) is 11.6. The van der Waals surface area contributed by atoms with Crippen LogP contribution in [-0.4, -0.2) is 13.7 Å². The number of benzene rings is 8. The van der Waals surface area contributed by atoms with Gasteiger partial charge in [0.15, 0.2) is 5.69 Å². The van der Waals surface area contributed by atoms with E-state index in [0.717, 1.165) is 72.1 Å². The van der Waals surface area contributed by atoms with E-state index in [9.17, 15) is 5.26 Å². The summed E-state index contributed by atoms with van der Waals surface area (Å²) in [5.74, 6) is 0. The van der Waals surface area contributed by atoms with Gasteiger partial charge in [-0.25, -0.2) is 4.85 Å². The molecule has 0 aliphatic rings. The van der Waals surface area contributed by atoms with E-state index >= 15 is 0 Å². The second-order valence-electron chi connectivity index (χ2n) is 13.9. The Hall–Kier alpha value is -7.86. The third-order valence-electron chi connectivity index (χ3n) is 11.1. The van der Waals surface area contributed by atoms with Gasteiger partial charge in [-0.1, -0.05) is 115 Å². The van der Waals surface area contributed by atoms with Gasteiger partial charge >= 0.3 is 0 Å². The van der Waals surface area contributed by atoms with Crippen LogP contribution in [0.25, 0.3) is 98.5 Å². The van der Waals surface area contributed by atoms with Crippen molar-refractivity contribution in [2.45, 2.75) is 0 Å². The third kappa shape index (κ3) is 4.39. The van der Waals surface area contributed by atoms with Gasteiger partial charge in [0, 0.05) is 49.1 Å². The zero-order valence-electron chi connectivity index (χ0n) is 29.5. The van der Waals surface area contributed by atoms with E-state index in [0.29, 0.717) is 11.3 Å². The molecule has 55 heavy (non-hydrogen) atoms. The number of hydrogen-bond donors (Lipinski definition) is 0. The number of aromatic nitrogens is 3. The number of para-hydroxylation sites is 5. The van der Waals surface area contributed by atoms with Gasteiger partial charge in [-0.15, -0.1) is 0 Å². The molecule has 11 rings (SSSR count). The van der Waals surface area contributed by atoms with Gasteiger partial charge in [0.2, 0.25) is 0 Å². The molecule has 0 spiro atoms. The van der Waals surface area contributed by atoms with Gasteiger partial charge in [-0.3, -0.25) is 0 Å². The minimum Gasteiger partial charge on any atom is -0.310 e. The summed E-state index contributed by atoms with van der Waals surface area (Å²) >= 11 is 0. The van der Waals surface area contributed by atoms with Crippen molar-refractivity contribution in [3.8, 4) is 34.3 Å². The average Bonchev–Trinajstić information content (AvgIpc) is 3.89. The Balaban J connectivity index is 1.16. The van der Waals surface area contributed by atoms with E-state index in [1.807, 2.05) is 42.5 Å². The molecule has 0 bridgehead atoms. The number of nitriles is 1. The second kappa shape index (κ2) is 11.8. The molecule has 0 fully saturated rings. The van der Waals surface area contributed by atoms with Crippen molar-refractivity contribution in [1.82, 2.24) is 13.7 Å². The van der Waals surface area contributed by atoms with E-state index in [1.165, 1.54) is 21.5 Å². The third-order valence-corrected chi connectivity index (χ3v) is 11.1. The van der Waals surface area contributed by atoms with E-state index in [2.05, 4.69) is 158 Å². The maximum Gasteiger partial charge on any atom is 0.189 e. The highest BCUT2D eigenvalue weighted by Crippen LogP contribution is 2.42. The van der Waals surface area contributed by atoms with Crippen LogP contribution in [-0.2, 0) is 0 Å². The van der Waals surface area contributed by atoms with Gasteiger partial charge in [0.1, 0.15) is 0 Å². The van der Waals surface area contributed by atoms with Crippen LogP contribution in [0.5, 0.6) is 0 Å². The van der Waals surface area contributed by atoms with Gasteiger partial charge in [-0.2, -0.15) is 5.26 Å². The van der Waals surface area contributed by atoms with Crippen molar-refractivity contribution < 1.29 is 0 Å². The standard InChI is InChI=1S/C50H29N5/c1-52-34-26-29-40-38-15-4-9-21-45(38)55(48(40)30-34)46-22-10-12-33(31-51)49(46)32-24-27-35(28-25-32)53-42-18-6-5-16-39(42)41-17-11-23-47(50(41)53)54-43-19-7-2-13-36(43)37-14-3-8-20-44(37)54/h2-30H. The quantitative estimate of drug-likeness (QED) is 0.169. The van der Waals surface area contributed by atoms with Crippen LogP contribution in [0.3, 0.4) is 0 Å². The van der Waals surface area contributed by atoms with Crippen molar-refractivity contribution in [2.75, 3.05) is 0 Å². The lowest BCUT2D eigenvalue weighted by Crippen LogP contribution is -2.01. The SMILES string of the molecule is [C-]#[N+]c1ccc2c3ccccc3n(-c3cccc(C#N)c3-c3ccc(-n4c5ccccc5c5cccc(-n6c7ccccc7c7ccccc76)c54)cc3)c2c1. The van der Waals surface area contributed by atoms with Crippen LogP contribution >= 0.6 is 0 Å². The molecule has 0 aliphatic heterocycles. The molecule has 0 saturated heterocycles. The highest BCUT2D eigenvalue weighted by Gasteiger charge is 2.21. The Bertz CT molecular complexity index is 3400. The predicted molar refractivity (Wildman–Crippen MR) is 226 cm³/mol. The number of rotatable bonds is 4. The summed E-state index contributed by atoms with van der Waals surface area (Å²) in [4.78, 5) is 3.75. The van der Waals surface area contributed by atoms with E-state index in [4.69, 9.17) is 6.57 Å². The lowest BCUT2D eigenvalue weighted by molar-refractivity contribution is 1.13. The molecule has 11 aromatic rings. The lowest BCUT2D eigenvalue weighted by Gasteiger charge is -2.17. The molecule has 5 nitrogen and oxygen atoms in total. The van der Waals surface area contributed by atoms with E-state index in [1.54, 1.807) is 0 Å². The molecule has 0 atom stereocenters. The van der Waals surface area contributed by atoms with Gasteiger partial charge in [0.25, 0.3) is 0 Å². The second-order valence-corrected chi connectivity index (χ2v) is 13.9. The first-order chi connectivity index (χ1) is 27.2. The zero-order chi connectivity index (χ0) is 36.6. The van der Waals surface area contributed by atoms with Crippen LogP contribution < -0.4 is 0 Å². The first kappa shape index (κ1) is 30.7. The van der Waals surface area contributed by atoms with Crippen LogP contribution in [0.1, 0.15) is 5.56 Å². The molecule has 0 aliphatic carbocycles. The van der Waals surface area contributed by atoms with E-state index in [-0.39, 0.29) is 0 Å². The molecule has 0 N–H and O–H groups in total. The van der Waals surface area contributed by atoms with Crippen LogP contribution in [0, 0.1) is 17.9 Å². The average molecular weight is 700 g/mol. The fraction of sp³-hybridized carbons (Fsp3) is 0. The lowest BCUT2D eigenvalue weighted by atomic mass is 9.97. The molecule has 8 aromatic carbocycles. The Kier molecular flexibility index (Phi) is 6.61. The van der Waals surface area contributed by atoms with Crippen LogP contribution in [0.15, 0.2) is 176 Å². The Morgan fingerprint density at radius 2 is 0.927 bits per heavy atom. The summed E-state index contributed by atoms with van der Waals surface area (Å²) in [6, 6.07) is 63.7. The van der Waals surface area contributed by atoms with Crippen LogP contribution in [0.4, 0.5) is 5.69 Å². The van der Waals surface area contributed by atoms with Gasteiger partial charge < -0.3 is 13.7 Å². The first-order valence-corrected chi connectivity index (χ1v) is 18.3. The van der Waals surface area contributed by atoms with Gasteiger partial charge in [0.05, 0.1) is 57.2 Å². The molecule has 254 valence electrons. The molecule has 0 amide bonds. The summed E-state index contributed by atoms with van der Waals surface area (Å²) in [7, 11) is 0. The monoisotopic (exact) mass is 699 g/mol. The Morgan fingerprint density at radius 1 is 0.436 bits per heavy atom. The highest BCUT2D eigenvalue weighted by molar-refractivity contribution is 6.15.